The lowest BCUT2D eigenvalue weighted by atomic mass is 10.2. The van der Waals surface area contributed by atoms with Crippen molar-refractivity contribution in [3.8, 4) is 5.75 Å². The van der Waals surface area contributed by atoms with E-state index in [-0.39, 0.29) is 11.9 Å². The molecule has 0 spiro atoms. The number of carbonyl (C=O) groups excluding carboxylic acids is 1. The topological polar surface area (TPSA) is 26.3 Å². The van der Waals surface area contributed by atoms with Crippen LogP contribution in [0.4, 0.5) is 0 Å². The van der Waals surface area contributed by atoms with Crippen molar-refractivity contribution in [3.63, 3.8) is 0 Å². The Balaban J connectivity index is 2.14. The Bertz CT molecular complexity index is 370. The monoisotopic (exact) mass is 254 g/mol. The number of carbonyl (C=O) groups is 1. The Morgan fingerprint density at radius 3 is 2.86 bits per heavy atom. The zero-order valence-corrected chi connectivity index (χ0v) is 9.50. The van der Waals surface area contributed by atoms with Crippen LogP contribution < -0.4 is 4.74 Å². The highest BCUT2D eigenvalue weighted by molar-refractivity contribution is 9.10. The van der Waals surface area contributed by atoms with Crippen LogP contribution in [0.15, 0.2) is 22.7 Å². The molecule has 0 aliphatic heterocycles. The van der Waals surface area contributed by atoms with Crippen LogP contribution in [-0.4, -0.2) is 5.97 Å². The molecule has 0 aromatic heterocycles. The van der Waals surface area contributed by atoms with Gasteiger partial charge in [0, 0.05) is 0 Å². The Morgan fingerprint density at radius 2 is 2.21 bits per heavy atom. The summed E-state index contributed by atoms with van der Waals surface area (Å²) in [6, 6.07) is 5.73. The molecule has 1 fully saturated rings. The highest BCUT2D eigenvalue weighted by Gasteiger charge is 2.31. The summed E-state index contributed by atoms with van der Waals surface area (Å²) in [6.07, 6.45) is 1.95. The van der Waals surface area contributed by atoms with Crippen LogP contribution >= 0.6 is 15.9 Å². The summed E-state index contributed by atoms with van der Waals surface area (Å²) < 4.78 is 6.09. The minimum absolute atomic E-state index is 0.101. The molecule has 74 valence electrons. The molecule has 14 heavy (non-hydrogen) atoms. The van der Waals surface area contributed by atoms with E-state index in [4.69, 9.17) is 4.74 Å². The maximum absolute atomic E-state index is 11.4. The lowest BCUT2D eigenvalue weighted by Crippen LogP contribution is -2.10. The molecule has 1 saturated carbocycles. The lowest BCUT2D eigenvalue weighted by Gasteiger charge is -2.06. The normalized spacial score (nSPS) is 15.3. The number of ether oxygens (including phenoxy) is 1. The standard InChI is InChI=1S/C11H11BrO2/c1-7-2-5-9(12)10(6-7)14-11(13)8-3-4-8/h2,5-6,8H,3-4H2,1H3. The minimum Gasteiger partial charge on any atom is -0.425 e. The third-order valence-electron chi connectivity index (χ3n) is 2.21. The molecule has 0 heterocycles. The predicted molar refractivity (Wildman–Crippen MR) is 57.2 cm³/mol. The summed E-state index contributed by atoms with van der Waals surface area (Å²) in [4.78, 5) is 11.4. The zero-order chi connectivity index (χ0) is 10.1. The molecule has 0 saturated heterocycles. The second-order valence-corrected chi connectivity index (χ2v) is 4.48. The number of rotatable bonds is 2. The first-order valence-electron chi connectivity index (χ1n) is 4.64. The van der Waals surface area contributed by atoms with Gasteiger partial charge in [-0.25, -0.2) is 0 Å². The summed E-state index contributed by atoms with van der Waals surface area (Å²) in [6.45, 7) is 1.97. The van der Waals surface area contributed by atoms with Crippen LogP contribution in [-0.2, 0) is 4.79 Å². The van der Waals surface area contributed by atoms with Crippen LogP contribution in [0.5, 0.6) is 5.75 Å². The predicted octanol–water partition coefficient (Wildman–Crippen LogP) is 3.07. The van der Waals surface area contributed by atoms with Gasteiger partial charge >= 0.3 is 5.97 Å². The summed E-state index contributed by atoms with van der Waals surface area (Å²) in [7, 11) is 0. The fourth-order valence-corrected chi connectivity index (χ4v) is 1.53. The zero-order valence-electron chi connectivity index (χ0n) is 7.92. The molecular weight excluding hydrogens is 244 g/mol. The van der Waals surface area contributed by atoms with Crippen molar-refractivity contribution >= 4 is 21.9 Å². The van der Waals surface area contributed by atoms with Gasteiger partial charge < -0.3 is 4.74 Å². The second-order valence-electron chi connectivity index (χ2n) is 3.63. The number of hydrogen-bond acceptors (Lipinski definition) is 2. The third-order valence-corrected chi connectivity index (χ3v) is 2.86. The smallest absolute Gasteiger partial charge is 0.314 e. The largest absolute Gasteiger partial charge is 0.425 e. The fourth-order valence-electron chi connectivity index (χ4n) is 1.20. The number of aryl methyl sites for hydroxylation is 1. The van der Waals surface area contributed by atoms with Gasteiger partial charge in [-0.2, -0.15) is 0 Å². The van der Waals surface area contributed by atoms with Crippen molar-refractivity contribution in [3.05, 3.63) is 28.2 Å². The Labute approximate surface area is 91.4 Å². The summed E-state index contributed by atoms with van der Waals surface area (Å²) >= 11 is 3.35. The van der Waals surface area contributed by atoms with Crippen LogP contribution in [0.2, 0.25) is 0 Å². The van der Waals surface area contributed by atoms with Gasteiger partial charge in [0.15, 0.2) is 0 Å². The fraction of sp³-hybridized carbons (Fsp3) is 0.364. The highest BCUT2D eigenvalue weighted by Crippen LogP contribution is 2.33. The Morgan fingerprint density at radius 1 is 1.50 bits per heavy atom. The molecule has 3 heteroatoms. The number of hydrogen-bond donors (Lipinski definition) is 0. The maximum Gasteiger partial charge on any atom is 0.314 e. The SMILES string of the molecule is Cc1ccc(Br)c(OC(=O)C2CC2)c1. The molecular formula is C11H11BrO2. The van der Waals surface area contributed by atoms with Crippen molar-refractivity contribution in [1.29, 1.82) is 0 Å². The van der Waals surface area contributed by atoms with Gasteiger partial charge in [0.2, 0.25) is 0 Å². The van der Waals surface area contributed by atoms with Crippen LogP contribution in [0.1, 0.15) is 18.4 Å². The van der Waals surface area contributed by atoms with Crippen molar-refractivity contribution in [2.24, 2.45) is 5.92 Å². The second kappa shape index (κ2) is 3.73. The number of esters is 1. The summed E-state index contributed by atoms with van der Waals surface area (Å²) in [5.74, 6) is 0.667. The van der Waals surface area contributed by atoms with Gasteiger partial charge in [-0.1, -0.05) is 6.07 Å². The summed E-state index contributed by atoms with van der Waals surface area (Å²) in [5.41, 5.74) is 1.09. The van der Waals surface area contributed by atoms with E-state index >= 15 is 0 Å². The van der Waals surface area contributed by atoms with Gasteiger partial charge in [-0.05, 0) is 53.4 Å². The molecule has 2 nitrogen and oxygen atoms in total. The Kier molecular flexibility index (Phi) is 2.59. The van der Waals surface area contributed by atoms with Crippen molar-refractivity contribution in [2.75, 3.05) is 0 Å². The molecule has 1 aliphatic carbocycles. The minimum atomic E-state index is -0.101. The average molecular weight is 255 g/mol. The van der Waals surface area contributed by atoms with E-state index in [2.05, 4.69) is 15.9 Å². The van der Waals surface area contributed by atoms with Gasteiger partial charge in [0.1, 0.15) is 5.75 Å². The molecule has 0 N–H and O–H groups in total. The van der Waals surface area contributed by atoms with E-state index in [1.165, 1.54) is 0 Å². The summed E-state index contributed by atoms with van der Waals surface area (Å²) in [5, 5.41) is 0. The molecule has 0 atom stereocenters. The van der Waals surface area contributed by atoms with Crippen molar-refractivity contribution in [1.82, 2.24) is 0 Å². The van der Waals surface area contributed by atoms with E-state index in [1.807, 2.05) is 25.1 Å². The van der Waals surface area contributed by atoms with Crippen LogP contribution in [0, 0.1) is 12.8 Å². The van der Waals surface area contributed by atoms with Crippen LogP contribution in [0.25, 0.3) is 0 Å². The molecule has 0 amide bonds. The van der Waals surface area contributed by atoms with E-state index in [9.17, 15) is 4.79 Å². The number of halogens is 1. The molecule has 2 rings (SSSR count). The average Bonchev–Trinajstić information content (AvgIpc) is 2.94. The van der Waals surface area contributed by atoms with Gasteiger partial charge in [0.25, 0.3) is 0 Å². The lowest BCUT2D eigenvalue weighted by molar-refractivity contribution is -0.135. The Hall–Kier alpha value is -0.830. The maximum atomic E-state index is 11.4. The number of benzene rings is 1. The van der Waals surface area contributed by atoms with Crippen molar-refractivity contribution < 1.29 is 9.53 Å². The first kappa shape index (κ1) is 9.71. The molecule has 1 aromatic rings. The first-order valence-corrected chi connectivity index (χ1v) is 5.44. The van der Waals surface area contributed by atoms with E-state index in [0.717, 1.165) is 22.9 Å². The van der Waals surface area contributed by atoms with Gasteiger partial charge in [0.05, 0.1) is 10.4 Å². The molecule has 0 unspecified atom stereocenters. The molecule has 1 aliphatic rings. The third kappa shape index (κ3) is 2.15. The van der Waals surface area contributed by atoms with Crippen molar-refractivity contribution in [2.45, 2.75) is 19.8 Å². The molecule has 0 radical (unpaired) electrons. The quantitative estimate of drug-likeness (QED) is 0.599. The molecule has 1 aromatic carbocycles. The van der Waals surface area contributed by atoms with Crippen LogP contribution in [0.3, 0.4) is 0 Å². The van der Waals surface area contributed by atoms with E-state index in [0.29, 0.717) is 5.75 Å². The first-order chi connectivity index (χ1) is 6.66. The van der Waals surface area contributed by atoms with E-state index < -0.39 is 0 Å². The molecule has 0 bridgehead atoms. The van der Waals surface area contributed by atoms with Gasteiger partial charge in [-0.3, -0.25) is 4.79 Å². The van der Waals surface area contributed by atoms with Gasteiger partial charge in [-0.15, -0.1) is 0 Å². The van der Waals surface area contributed by atoms with E-state index in [1.54, 1.807) is 0 Å². The highest BCUT2D eigenvalue weighted by atomic mass is 79.9.